The lowest BCUT2D eigenvalue weighted by Gasteiger charge is -2.20. The van der Waals surface area contributed by atoms with Gasteiger partial charge in [-0.1, -0.05) is 53.7 Å². The van der Waals surface area contributed by atoms with Crippen LogP contribution in [0.3, 0.4) is 0 Å². The summed E-state index contributed by atoms with van der Waals surface area (Å²) in [6.45, 7) is 11.8. The van der Waals surface area contributed by atoms with Gasteiger partial charge in [-0.3, -0.25) is 9.59 Å². The lowest BCUT2D eigenvalue weighted by Crippen LogP contribution is -2.27. The molecule has 2 aromatic carbocycles. The largest absolute Gasteiger partial charge is 0.483 e. The third-order valence-corrected chi connectivity index (χ3v) is 4.86. The standard InChI is InChI=1S/C23H29BrN2O3/c1-22(2,3)15-10-11-19(18(24)12-15)29-14-20(27)25-16-8-7-9-17(13-16)26-21(28)23(4,5)6/h7-13H,14H2,1-6H3,(H,25,27)(H,26,28). The Bertz CT molecular complexity index is 896. The molecule has 156 valence electrons. The Morgan fingerprint density at radius 1 is 0.931 bits per heavy atom. The number of halogens is 1. The number of anilines is 2. The molecule has 0 spiro atoms. The molecule has 0 aromatic heterocycles. The quantitative estimate of drug-likeness (QED) is 0.596. The number of hydrogen-bond acceptors (Lipinski definition) is 3. The summed E-state index contributed by atoms with van der Waals surface area (Å²) in [7, 11) is 0. The maximum atomic E-state index is 12.3. The monoisotopic (exact) mass is 460 g/mol. The van der Waals surface area contributed by atoms with Crippen LogP contribution in [0.1, 0.15) is 47.1 Å². The predicted octanol–water partition coefficient (Wildman–Crippen LogP) is 5.75. The second-order valence-electron chi connectivity index (χ2n) is 9.02. The molecule has 0 saturated carbocycles. The lowest BCUT2D eigenvalue weighted by atomic mass is 9.87. The maximum Gasteiger partial charge on any atom is 0.262 e. The van der Waals surface area contributed by atoms with Gasteiger partial charge in [-0.2, -0.15) is 0 Å². The Morgan fingerprint density at radius 3 is 2.10 bits per heavy atom. The molecule has 0 aliphatic heterocycles. The molecule has 2 N–H and O–H groups in total. The van der Waals surface area contributed by atoms with E-state index in [-0.39, 0.29) is 23.8 Å². The van der Waals surface area contributed by atoms with Crippen LogP contribution in [0.5, 0.6) is 5.75 Å². The van der Waals surface area contributed by atoms with Gasteiger partial charge < -0.3 is 15.4 Å². The van der Waals surface area contributed by atoms with Gasteiger partial charge in [0.15, 0.2) is 6.61 Å². The summed E-state index contributed by atoms with van der Waals surface area (Å²) in [5.41, 5.74) is 1.93. The minimum Gasteiger partial charge on any atom is -0.483 e. The Balaban J connectivity index is 1.96. The highest BCUT2D eigenvalue weighted by molar-refractivity contribution is 9.10. The molecule has 0 fully saturated rings. The first-order chi connectivity index (χ1) is 13.4. The van der Waals surface area contributed by atoms with E-state index < -0.39 is 5.41 Å². The second kappa shape index (κ2) is 8.99. The van der Waals surface area contributed by atoms with Crippen LogP contribution in [0, 0.1) is 5.41 Å². The fraction of sp³-hybridized carbons (Fsp3) is 0.391. The van der Waals surface area contributed by atoms with Crippen LogP contribution >= 0.6 is 15.9 Å². The molecule has 2 amide bonds. The summed E-state index contributed by atoms with van der Waals surface area (Å²) in [6, 6.07) is 12.9. The Hall–Kier alpha value is -2.34. The van der Waals surface area contributed by atoms with E-state index in [2.05, 4.69) is 47.3 Å². The summed E-state index contributed by atoms with van der Waals surface area (Å²) >= 11 is 3.51. The summed E-state index contributed by atoms with van der Waals surface area (Å²) in [5, 5.41) is 5.64. The van der Waals surface area contributed by atoms with Gasteiger partial charge in [0, 0.05) is 16.8 Å². The number of ether oxygens (including phenoxy) is 1. The van der Waals surface area contributed by atoms with Crippen molar-refractivity contribution in [1.29, 1.82) is 0 Å². The van der Waals surface area contributed by atoms with Crippen molar-refractivity contribution in [3.63, 3.8) is 0 Å². The van der Waals surface area contributed by atoms with E-state index in [1.165, 1.54) is 5.56 Å². The first-order valence-electron chi connectivity index (χ1n) is 9.50. The van der Waals surface area contributed by atoms with Gasteiger partial charge in [0.1, 0.15) is 5.75 Å². The average molecular weight is 461 g/mol. The Labute approximate surface area is 181 Å². The van der Waals surface area contributed by atoms with Crippen LogP contribution in [0.25, 0.3) is 0 Å². The molecule has 2 aromatic rings. The second-order valence-corrected chi connectivity index (χ2v) is 9.87. The molecular formula is C23H29BrN2O3. The SMILES string of the molecule is CC(C)(C)C(=O)Nc1cccc(NC(=O)COc2ccc(C(C)(C)C)cc2Br)c1. The molecule has 29 heavy (non-hydrogen) atoms. The fourth-order valence-corrected chi connectivity index (χ4v) is 2.91. The van der Waals surface area contributed by atoms with Crippen molar-refractivity contribution in [3.05, 3.63) is 52.5 Å². The number of carbonyl (C=O) groups excluding carboxylic acids is 2. The van der Waals surface area contributed by atoms with E-state index in [1.807, 2.05) is 39.0 Å². The van der Waals surface area contributed by atoms with Gasteiger partial charge >= 0.3 is 0 Å². The Morgan fingerprint density at radius 2 is 1.55 bits per heavy atom. The zero-order chi connectivity index (χ0) is 21.8. The first kappa shape index (κ1) is 22.9. The number of benzene rings is 2. The highest BCUT2D eigenvalue weighted by atomic mass is 79.9. The van der Waals surface area contributed by atoms with E-state index in [9.17, 15) is 9.59 Å². The normalized spacial score (nSPS) is 11.7. The zero-order valence-corrected chi connectivity index (χ0v) is 19.4. The summed E-state index contributed by atoms with van der Waals surface area (Å²) in [5.74, 6) is 0.239. The van der Waals surface area contributed by atoms with Crippen LogP contribution in [0.2, 0.25) is 0 Å². The van der Waals surface area contributed by atoms with Gasteiger partial charge in [0.25, 0.3) is 5.91 Å². The topological polar surface area (TPSA) is 67.4 Å². The highest BCUT2D eigenvalue weighted by Crippen LogP contribution is 2.31. The molecule has 0 aliphatic rings. The smallest absolute Gasteiger partial charge is 0.262 e. The number of amides is 2. The molecule has 0 bridgehead atoms. The number of carbonyl (C=O) groups is 2. The Kier molecular flexibility index (Phi) is 7.11. The van der Waals surface area contributed by atoms with Crippen LogP contribution in [0.15, 0.2) is 46.9 Å². The highest BCUT2D eigenvalue weighted by Gasteiger charge is 2.21. The maximum absolute atomic E-state index is 12.3. The van der Waals surface area contributed by atoms with Crippen molar-refractivity contribution in [2.45, 2.75) is 47.0 Å². The van der Waals surface area contributed by atoms with Crippen LogP contribution in [-0.4, -0.2) is 18.4 Å². The lowest BCUT2D eigenvalue weighted by molar-refractivity contribution is -0.123. The number of rotatable bonds is 5. The molecular weight excluding hydrogens is 432 g/mol. The summed E-state index contributed by atoms with van der Waals surface area (Å²) in [4.78, 5) is 24.4. The zero-order valence-electron chi connectivity index (χ0n) is 17.9. The number of hydrogen-bond donors (Lipinski definition) is 2. The molecule has 0 saturated heterocycles. The van der Waals surface area contributed by atoms with Crippen molar-refractivity contribution in [1.82, 2.24) is 0 Å². The van der Waals surface area contributed by atoms with Gasteiger partial charge in [0.2, 0.25) is 5.91 Å². The minimum atomic E-state index is -0.497. The minimum absolute atomic E-state index is 0.0336. The van der Waals surface area contributed by atoms with Crippen LogP contribution in [-0.2, 0) is 15.0 Å². The number of nitrogens with one attached hydrogen (secondary N) is 2. The molecule has 0 radical (unpaired) electrons. The van der Waals surface area contributed by atoms with E-state index in [1.54, 1.807) is 24.3 Å². The van der Waals surface area contributed by atoms with Gasteiger partial charge in [-0.15, -0.1) is 0 Å². The van der Waals surface area contributed by atoms with E-state index in [4.69, 9.17) is 4.74 Å². The predicted molar refractivity (Wildman–Crippen MR) is 121 cm³/mol. The van der Waals surface area contributed by atoms with E-state index in [0.29, 0.717) is 17.1 Å². The molecule has 0 aliphatic carbocycles. The third-order valence-electron chi connectivity index (χ3n) is 4.24. The van der Waals surface area contributed by atoms with Crippen molar-refractivity contribution in [3.8, 4) is 5.75 Å². The van der Waals surface area contributed by atoms with Crippen LogP contribution in [0.4, 0.5) is 11.4 Å². The molecule has 0 atom stereocenters. The summed E-state index contributed by atoms with van der Waals surface area (Å²) < 4.78 is 6.46. The molecule has 0 heterocycles. The van der Waals surface area contributed by atoms with Crippen molar-refractivity contribution >= 4 is 39.1 Å². The van der Waals surface area contributed by atoms with Crippen LogP contribution < -0.4 is 15.4 Å². The van der Waals surface area contributed by atoms with Crippen molar-refractivity contribution in [2.75, 3.05) is 17.2 Å². The van der Waals surface area contributed by atoms with Gasteiger partial charge in [0.05, 0.1) is 4.47 Å². The van der Waals surface area contributed by atoms with Crippen molar-refractivity contribution < 1.29 is 14.3 Å². The summed E-state index contributed by atoms with van der Waals surface area (Å²) in [6.07, 6.45) is 0. The van der Waals surface area contributed by atoms with E-state index >= 15 is 0 Å². The fourth-order valence-electron chi connectivity index (χ4n) is 2.42. The van der Waals surface area contributed by atoms with Gasteiger partial charge in [-0.25, -0.2) is 0 Å². The third kappa shape index (κ3) is 6.89. The molecule has 2 rings (SSSR count). The first-order valence-corrected chi connectivity index (χ1v) is 10.3. The average Bonchev–Trinajstić information content (AvgIpc) is 2.59. The van der Waals surface area contributed by atoms with E-state index in [0.717, 1.165) is 4.47 Å². The molecule has 0 unspecified atom stereocenters. The molecule has 5 nitrogen and oxygen atoms in total. The van der Waals surface area contributed by atoms with Crippen molar-refractivity contribution in [2.24, 2.45) is 5.41 Å². The molecule has 6 heteroatoms. The van der Waals surface area contributed by atoms with Gasteiger partial charge in [-0.05, 0) is 57.2 Å².